The van der Waals surface area contributed by atoms with Crippen LogP contribution >= 0.6 is 0 Å². The monoisotopic (exact) mass is 266 g/mol. The van der Waals surface area contributed by atoms with Crippen molar-refractivity contribution >= 4 is 5.82 Å². The van der Waals surface area contributed by atoms with Crippen LogP contribution in [0.5, 0.6) is 0 Å². The molecule has 0 bridgehead atoms. The Morgan fingerprint density at radius 3 is 2.47 bits per heavy atom. The van der Waals surface area contributed by atoms with Gasteiger partial charge in [0.05, 0.1) is 5.69 Å². The highest BCUT2D eigenvalue weighted by Crippen LogP contribution is 2.24. The summed E-state index contributed by atoms with van der Waals surface area (Å²) < 4.78 is 2.01. The third kappa shape index (κ3) is 3.96. The molecule has 1 rings (SSSR count). The average Bonchev–Trinajstić information content (AvgIpc) is 2.62. The van der Waals surface area contributed by atoms with Gasteiger partial charge in [-0.05, 0) is 32.7 Å². The number of aromatic nitrogens is 2. The summed E-state index contributed by atoms with van der Waals surface area (Å²) in [4.78, 5) is 2.34. The molecule has 0 aliphatic heterocycles. The standard InChI is InChI=1S/C15H30N4/c1-8-12(4)18(6)15-14(10-16-9-11(2)3)13(5)17-19(15)7/h11-12,16H,8-10H2,1-7H3. The summed E-state index contributed by atoms with van der Waals surface area (Å²) in [7, 11) is 4.20. The lowest BCUT2D eigenvalue weighted by Gasteiger charge is -2.27. The second-order valence-corrected chi connectivity index (χ2v) is 5.90. The molecule has 0 saturated carbocycles. The Kier molecular flexibility index (Phi) is 5.85. The lowest BCUT2D eigenvalue weighted by Crippen LogP contribution is -2.31. The van der Waals surface area contributed by atoms with Gasteiger partial charge in [-0.2, -0.15) is 5.10 Å². The van der Waals surface area contributed by atoms with Crippen molar-refractivity contribution in [2.45, 2.75) is 53.6 Å². The zero-order valence-electron chi connectivity index (χ0n) is 13.6. The Hall–Kier alpha value is -1.03. The first-order valence-corrected chi connectivity index (χ1v) is 7.34. The molecule has 0 aliphatic carbocycles. The summed E-state index contributed by atoms with van der Waals surface area (Å²) in [6, 6.07) is 0.527. The van der Waals surface area contributed by atoms with Crippen LogP contribution in [0, 0.1) is 12.8 Å². The van der Waals surface area contributed by atoms with Gasteiger partial charge >= 0.3 is 0 Å². The topological polar surface area (TPSA) is 33.1 Å². The predicted octanol–water partition coefficient (Wildman–Crippen LogP) is 2.71. The fourth-order valence-electron chi connectivity index (χ4n) is 2.31. The van der Waals surface area contributed by atoms with Crippen LogP contribution in [0.4, 0.5) is 5.82 Å². The Morgan fingerprint density at radius 2 is 1.95 bits per heavy atom. The van der Waals surface area contributed by atoms with E-state index in [1.165, 1.54) is 11.4 Å². The van der Waals surface area contributed by atoms with Crippen molar-refractivity contribution in [3.63, 3.8) is 0 Å². The van der Waals surface area contributed by atoms with Crippen molar-refractivity contribution in [1.82, 2.24) is 15.1 Å². The molecule has 1 unspecified atom stereocenters. The lowest BCUT2D eigenvalue weighted by molar-refractivity contribution is 0.550. The zero-order chi connectivity index (χ0) is 14.6. The molecule has 4 nitrogen and oxygen atoms in total. The van der Waals surface area contributed by atoms with Gasteiger partial charge < -0.3 is 10.2 Å². The van der Waals surface area contributed by atoms with Gasteiger partial charge in [-0.3, -0.25) is 4.68 Å². The minimum atomic E-state index is 0.527. The molecule has 19 heavy (non-hydrogen) atoms. The second kappa shape index (κ2) is 6.94. The third-order valence-corrected chi connectivity index (χ3v) is 3.75. The molecule has 4 heteroatoms. The fourth-order valence-corrected chi connectivity index (χ4v) is 2.31. The summed E-state index contributed by atoms with van der Waals surface area (Å²) in [5.74, 6) is 1.91. The molecule has 0 aliphatic rings. The summed E-state index contributed by atoms with van der Waals surface area (Å²) in [5.41, 5.74) is 2.45. The molecule has 0 radical (unpaired) electrons. The first-order valence-electron chi connectivity index (χ1n) is 7.34. The van der Waals surface area contributed by atoms with E-state index in [0.29, 0.717) is 12.0 Å². The van der Waals surface area contributed by atoms with E-state index in [2.05, 4.69) is 57.0 Å². The summed E-state index contributed by atoms with van der Waals surface area (Å²) in [5, 5.41) is 8.11. The Morgan fingerprint density at radius 1 is 1.32 bits per heavy atom. The number of nitrogens with zero attached hydrogens (tertiary/aromatic N) is 3. The molecular weight excluding hydrogens is 236 g/mol. The lowest BCUT2D eigenvalue weighted by atomic mass is 10.1. The highest BCUT2D eigenvalue weighted by atomic mass is 15.4. The third-order valence-electron chi connectivity index (χ3n) is 3.75. The normalized spacial score (nSPS) is 13.1. The molecular formula is C15H30N4. The van der Waals surface area contributed by atoms with E-state index in [1.54, 1.807) is 0 Å². The maximum Gasteiger partial charge on any atom is 0.131 e. The molecule has 1 atom stereocenters. The van der Waals surface area contributed by atoms with Crippen molar-refractivity contribution in [3.8, 4) is 0 Å². The SMILES string of the molecule is CCC(C)N(C)c1c(CNCC(C)C)c(C)nn1C. The van der Waals surface area contributed by atoms with E-state index >= 15 is 0 Å². The summed E-state index contributed by atoms with van der Waals surface area (Å²) in [6.07, 6.45) is 1.14. The zero-order valence-corrected chi connectivity index (χ0v) is 13.6. The van der Waals surface area contributed by atoms with E-state index < -0.39 is 0 Å². The molecule has 0 spiro atoms. The van der Waals surface area contributed by atoms with Crippen LogP contribution < -0.4 is 10.2 Å². The number of nitrogens with one attached hydrogen (secondary N) is 1. The van der Waals surface area contributed by atoms with Gasteiger partial charge in [-0.15, -0.1) is 0 Å². The van der Waals surface area contributed by atoms with Crippen molar-refractivity contribution in [2.75, 3.05) is 18.5 Å². The van der Waals surface area contributed by atoms with Gasteiger partial charge in [-0.1, -0.05) is 20.8 Å². The van der Waals surface area contributed by atoms with Gasteiger partial charge in [0.25, 0.3) is 0 Å². The van der Waals surface area contributed by atoms with E-state index in [0.717, 1.165) is 25.2 Å². The first-order chi connectivity index (χ1) is 8.88. The van der Waals surface area contributed by atoms with E-state index in [-0.39, 0.29) is 0 Å². The smallest absolute Gasteiger partial charge is 0.131 e. The van der Waals surface area contributed by atoms with Gasteiger partial charge in [0.2, 0.25) is 0 Å². The van der Waals surface area contributed by atoms with E-state index in [4.69, 9.17) is 0 Å². The summed E-state index contributed by atoms with van der Waals surface area (Å²) >= 11 is 0. The molecule has 0 fully saturated rings. The van der Waals surface area contributed by atoms with Crippen LogP contribution in [-0.2, 0) is 13.6 Å². The molecule has 0 saturated heterocycles. The van der Waals surface area contributed by atoms with Crippen LogP contribution in [0.15, 0.2) is 0 Å². The highest BCUT2D eigenvalue weighted by molar-refractivity contribution is 5.50. The number of hydrogen-bond donors (Lipinski definition) is 1. The maximum absolute atomic E-state index is 4.58. The van der Waals surface area contributed by atoms with Gasteiger partial charge in [-0.25, -0.2) is 0 Å². The number of hydrogen-bond acceptors (Lipinski definition) is 3. The molecule has 1 heterocycles. The van der Waals surface area contributed by atoms with Gasteiger partial charge in [0.15, 0.2) is 0 Å². The van der Waals surface area contributed by atoms with Crippen molar-refractivity contribution in [2.24, 2.45) is 13.0 Å². The largest absolute Gasteiger partial charge is 0.357 e. The minimum absolute atomic E-state index is 0.527. The first kappa shape index (κ1) is 16.0. The second-order valence-electron chi connectivity index (χ2n) is 5.90. The highest BCUT2D eigenvalue weighted by Gasteiger charge is 2.19. The Bertz CT molecular complexity index is 395. The van der Waals surface area contributed by atoms with Crippen molar-refractivity contribution in [3.05, 3.63) is 11.3 Å². The molecule has 1 aromatic rings. The number of aryl methyl sites for hydroxylation is 2. The quantitative estimate of drug-likeness (QED) is 0.824. The van der Waals surface area contributed by atoms with Crippen molar-refractivity contribution in [1.29, 1.82) is 0 Å². The molecule has 1 N–H and O–H groups in total. The number of rotatable bonds is 7. The summed E-state index contributed by atoms with van der Waals surface area (Å²) in [6.45, 7) is 13.0. The van der Waals surface area contributed by atoms with Gasteiger partial charge in [0, 0.05) is 32.2 Å². The fraction of sp³-hybridized carbons (Fsp3) is 0.800. The minimum Gasteiger partial charge on any atom is -0.357 e. The molecule has 1 aromatic heterocycles. The Balaban J connectivity index is 2.90. The van der Waals surface area contributed by atoms with Crippen LogP contribution in [-0.4, -0.2) is 29.4 Å². The van der Waals surface area contributed by atoms with E-state index in [9.17, 15) is 0 Å². The van der Waals surface area contributed by atoms with Crippen LogP contribution in [0.2, 0.25) is 0 Å². The maximum atomic E-state index is 4.58. The molecule has 0 aromatic carbocycles. The van der Waals surface area contributed by atoms with Crippen LogP contribution in [0.25, 0.3) is 0 Å². The molecule has 0 amide bonds. The van der Waals surface area contributed by atoms with Crippen LogP contribution in [0.3, 0.4) is 0 Å². The van der Waals surface area contributed by atoms with Crippen molar-refractivity contribution < 1.29 is 0 Å². The molecule has 110 valence electrons. The van der Waals surface area contributed by atoms with Gasteiger partial charge in [0.1, 0.15) is 5.82 Å². The van der Waals surface area contributed by atoms with E-state index in [1.807, 2.05) is 11.7 Å². The Labute approximate surface area is 118 Å². The average molecular weight is 266 g/mol. The van der Waals surface area contributed by atoms with Crippen LogP contribution in [0.1, 0.15) is 45.4 Å². The number of anilines is 1. The predicted molar refractivity (Wildman–Crippen MR) is 82.6 cm³/mol.